The Labute approximate surface area is 125 Å². The van der Waals surface area contributed by atoms with Gasteiger partial charge in [0.25, 0.3) is 0 Å². The van der Waals surface area contributed by atoms with Crippen LogP contribution in [0.5, 0.6) is 0 Å². The number of carbonyl (C=O) groups is 1. The maximum absolute atomic E-state index is 10.7. The number of hydrogen-bond acceptors (Lipinski definition) is 3. The third kappa shape index (κ3) is 2.62. The van der Waals surface area contributed by atoms with E-state index in [0.29, 0.717) is 10.8 Å². The van der Waals surface area contributed by atoms with E-state index in [4.69, 9.17) is 21.8 Å². The van der Waals surface area contributed by atoms with Gasteiger partial charge >= 0.3 is 0 Å². The van der Waals surface area contributed by atoms with E-state index < -0.39 is 0 Å². The van der Waals surface area contributed by atoms with Crippen LogP contribution in [-0.2, 0) is 10.5 Å². The highest BCUT2D eigenvalue weighted by atomic mass is 35.5. The summed E-state index contributed by atoms with van der Waals surface area (Å²) in [5.74, 6) is 0.777. The van der Waals surface area contributed by atoms with Crippen LogP contribution in [0.3, 0.4) is 0 Å². The maximum atomic E-state index is 10.7. The van der Waals surface area contributed by atoms with Crippen LogP contribution in [0.2, 0.25) is 5.02 Å². The van der Waals surface area contributed by atoms with Gasteiger partial charge in [-0.25, -0.2) is 0 Å². The molecule has 1 aromatic heterocycles. The van der Waals surface area contributed by atoms with Gasteiger partial charge < -0.3 is 10.2 Å². The first-order chi connectivity index (χ1) is 9.63. The first kappa shape index (κ1) is 13.3. The number of halogens is 1. The van der Waals surface area contributed by atoms with Crippen LogP contribution in [0.25, 0.3) is 21.9 Å². The van der Waals surface area contributed by atoms with E-state index in [0.717, 1.165) is 33.3 Å². The molecule has 0 radical (unpaired) electrons. The molecule has 1 heterocycles. The number of nitrogens with two attached hydrogens (primary N) is 1. The van der Waals surface area contributed by atoms with Crippen LogP contribution in [0.1, 0.15) is 5.56 Å². The normalized spacial score (nSPS) is 11.2. The smallest absolute Gasteiger partial charge is 0.227 e. The largest absolute Gasteiger partial charge is 0.456 e. The maximum Gasteiger partial charge on any atom is 0.227 e. The van der Waals surface area contributed by atoms with E-state index in [2.05, 4.69) is 6.07 Å². The number of hydrogen-bond donors (Lipinski definition) is 1. The van der Waals surface area contributed by atoms with Crippen molar-refractivity contribution in [3.05, 3.63) is 47.0 Å². The lowest BCUT2D eigenvalue weighted by atomic mass is 10.1. The van der Waals surface area contributed by atoms with Crippen molar-refractivity contribution in [3.63, 3.8) is 0 Å². The molecular weight excluding hydrogens is 294 g/mol. The zero-order valence-electron chi connectivity index (χ0n) is 10.6. The van der Waals surface area contributed by atoms with Crippen LogP contribution in [0.4, 0.5) is 0 Å². The number of furan rings is 1. The minimum absolute atomic E-state index is 0.295. The summed E-state index contributed by atoms with van der Waals surface area (Å²) in [6, 6.07) is 11.6. The first-order valence-electron chi connectivity index (χ1n) is 6.10. The van der Waals surface area contributed by atoms with Crippen molar-refractivity contribution in [2.24, 2.45) is 5.73 Å². The summed E-state index contributed by atoms with van der Waals surface area (Å²) >= 11 is 7.54. The lowest BCUT2D eigenvalue weighted by molar-refractivity contribution is -0.115. The Morgan fingerprint density at radius 3 is 2.60 bits per heavy atom. The van der Waals surface area contributed by atoms with Crippen LogP contribution in [-0.4, -0.2) is 11.7 Å². The average Bonchev–Trinajstić information content (AvgIpc) is 2.76. The van der Waals surface area contributed by atoms with Gasteiger partial charge in [-0.2, -0.15) is 0 Å². The Morgan fingerprint density at radius 1 is 1.15 bits per heavy atom. The van der Waals surface area contributed by atoms with Gasteiger partial charge in [-0.3, -0.25) is 4.79 Å². The lowest BCUT2D eigenvalue weighted by Crippen LogP contribution is -2.13. The summed E-state index contributed by atoms with van der Waals surface area (Å²) in [5, 5.41) is 2.74. The minimum Gasteiger partial charge on any atom is -0.456 e. The Balaban J connectivity index is 1.98. The monoisotopic (exact) mass is 305 g/mol. The number of thioether (sulfide) groups is 1. The van der Waals surface area contributed by atoms with Crippen LogP contribution in [0, 0.1) is 0 Å². The number of amides is 1. The second-order valence-electron chi connectivity index (χ2n) is 4.53. The Bertz CT molecular complexity index is 797. The molecule has 0 saturated carbocycles. The molecule has 0 atom stereocenters. The number of benzene rings is 2. The molecule has 3 aromatic rings. The average molecular weight is 306 g/mol. The highest BCUT2D eigenvalue weighted by Crippen LogP contribution is 2.31. The SMILES string of the molecule is NC(=O)CSCc1ccc2oc3ccc(Cl)cc3c2c1. The lowest BCUT2D eigenvalue weighted by Gasteiger charge is -2.00. The highest BCUT2D eigenvalue weighted by molar-refractivity contribution is 7.99. The summed E-state index contributed by atoms with van der Waals surface area (Å²) in [6.07, 6.45) is 0. The summed E-state index contributed by atoms with van der Waals surface area (Å²) in [5.41, 5.74) is 7.93. The fourth-order valence-corrected chi connectivity index (χ4v) is 3.05. The Hall–Kier alpha value is -1.65. The van der Waals surface area contributed by atoms with E-state index in [-0.39, 0.29) is 5.91 Å². The van der Waals surface area contributed by atoms with Crippen LogP contribution < -0.4 is 5.73 Å². The number of primary amides is 1. The van der Waals surface area contributed by atoms with Crippen molar-refractivity contribution in [1.82, 2.24) is 0 Å². The van der Waals surface area contributed by atoms with Crippen molar-refractivity contribution in [2.45, 2.75) is 5.75 Å². The standard InChI is InChI=1S/C15H12ClNO2S/c16-10-2-4-14-12(6-10)11-5-9(1-3-13(11)19-14)7-20-8-15(17)18/h1-6H,7-8H2,(H2,17,18). The molecule has 2 aromatic carbocycles. The van der Waals surface area contributed by atoms with Gasteiger partial charge in [-0.05, 0) is 35.9 Å². The van der Waals surface area contributed by atoms with Gasteiger partial charge in [0.05, 0.1) is 5.75 Å². The second-order valence-corrected chi connectivity index (χ2v) is 5.95. The van der Waals surface area contributed by atoms with Crippen molar-refractivity contribution in [1.29, 1.82) is 0 Å². The highest BCUT2D eigenvalue weighted by Gasteiger charge is 2.08. The molecule has 0 saturated heterocycles. The molecule has 5 heteroatoms. The molecular formula is C15H12ClNO2S. The predicted molar refractivity (Wildman–Crippen MR) is 84.1 cm³/mol. The van der Waals surface area contributed by atoms with Gasteiger partial charge in [-0.1, -0.05) is 17.7 Å². The van der Waals surface area contributed by atoms with Gasteiger partial charge in [-0.15, -0.1) is 11.8 Å². The molecule has 3 nitrogen and oxygen atoms in total. The molecule has 1 amide bonds. The van der Waals surface area contributed by atoms with Crippen molar-refractivity contribution < 1.29 is 9.21 Å². The second kappa shape index (κ2) is 5.38. The first-order valence-corrected chi connectivity index (χ1v) is 7.63. The van der Waals surface area contributed by atoms with E-state index >= 15 is 0 Å². The molecule has 2 N–H and O–H groups in total. The molecule has 0 aliphatic heterocycles. The molecule has 0 spiro atoms. The van der Waals surface area contributed by atoms with Crippen LogP contribution in [0.15, 0.2) is 40.8 Å². The summed E-state index contributed by atoms with van der Waals surface area (Å²) in [4.78, 5) is 10.7. The molecule has 102 valence electrons. The predicted octanol–water partition coefficient (Wildman–Crippen LogP) is 3.96. The van der Waals surface area contributed by atoms with Crippen molar-refractivity contribution in [2.75, 3.05) is 5.75 Å². The molecule has 0 unspecified atom stereocenters. The minimum atomic E-state index is -0.295. The Kier molecular flexibility index (Phi) is 3.59. The number of fused-ring (bicyclic) bond motifs is 3. The Morgan fingerprint density at radius 2 is 1.85 bits per heavy atom. The van der Waals surface area contributed by atoms with Gasteiger partial charge in [0.1, 0.15) is 11.2 Å². The van der Waals surface area contributed by atoms with E-state index in [1.54, 1.807) is 0 Å². The summed E-state index contributed by atoms with van der Waals surface area (Å²) < 4.78 is 5.77. The number of carbonyl (C=O) groups excluding carboxylic acids is 1. The molecule has 20 heavy (non-hydrogen) atoms. The van der Waals surface area contributed by atoms with Crippen molar-refractivity contribution in [3.8, 4) is 0 Å². The molecule has 3 rings (SSSR count). The molecule has 0 bridgehead atoms. The molecule has 0 aliphatic carbocycles. The quantitative estimate of drug-likeness (QED) is 0.794. The summed E-state index contributed by atoms with van der Waals surface area (Å²) in [7, 11) is 0. The topological polar surface area (TPSA) is 56.2 Å². The molecule has 0 fully saturated rings. The van der Waals surface area contributed by atoms with E-state index in [1.165, 1.54) is 11.8 Å². The van der Waals surface area contributed by atoms with E-state index in [1.807, 2.05) is 30.3 Å². The fraction of sp³-hybridized carbons (Fsp3) is 0.133. The third-order valence-corrected chi connectivity index (χ3v) is 4.27. The van der Waals surface area contributed by atoms with Crippen LogP contribution >= 0.6 is 23.4 Å². The fourth-order valence-electron chi connectivity index (χ4n) is 2.16. The van der Waals surface area contributed by atoms with Gasteiger partial charge in [0.15, 0.2) is 0 Å². The molecule has 0 aliphatic rings. The summed E-state index contributed by atoms with van der Waals surface area (Å²) in [6.45, 7) is 0. The number of rotatable bonds is 4. The van der Waals surface area contributed by atoms with Gasteiger partial charge in [0, 0.05) is 21.5 Å². The zero-order valence-corrected chi connectivity index (χ0v) is 12.1. The van der Waals surface area contributed by atoms with Gasteiger partial charge in [0.2, 0.25) is 5.91 Å². The zero-order chi connectivity index (χ0) is 14.1. The van der Waals surface area contributed by atoms with Crippen molar-refractivity contribution >= 4 is 51.2 Å². The van der Waals surface area contributed by atoms with E-state index in [9.17, 15) is 4.79 Å². The third-order valence-electron chi connectivity index (χ3n) is 3.01.